The second kappa shape index (κ2) is 8.86. The number of rotatable bonds is 8. The third-order valence-corrected chi connectivity index (χ3v) is 5.13. The van der Waals surface area contributed by atoms with E-state index in [1.807, 2.05) is 55.6 Å². The summed E-state index contributed by atoms with van der Waals surface area (Å²) in [6.45, 7) is 0.440. The molecule has 3 aromatic rings. The second-order valence-corrected chi connectivity index (χ2v) is 7.40. The van der Waals surface area contributed by atoms with Gasteiger partial charge >= 0.3 is 6.03 Å². The monoisotopic (exact) mass is 391 g/mol. The maximum atomic E-state index is 12.6. The van der Waals surface area contributed by atoms with Gasteiger partial charge in [0.25, 0.3) is 0 Å². The molecule has 0 aliphatic heterocycles. The first-order chi connectivity index (χ1) is 14.2. The van der Waals surface area contributed by atoms with E-state index >= 15 is 0 Å². The van der Waals surface area contributed by atoms with Gasteiger partial charge in [0, 0.05) is 32.6 Å². The molecule has 1 atom stereocenters. The molecule has 1 fully saturated rings. The molecule has 0 unspecified atom stereocenters. The number of benzene rings is 1. The molecule has 7 heteroatoms. The Kier molecular flexibility index (Phi) is 5.84. The number of carbonyl (C=O) groups is 1. The lowest BCUT2D eigenvalue weighted by atomic mass is 10.1. The molecular weight excluding hydrogens is 366 g/mol. The Labute approximate surface area is 170 Å². The van der Waals surface area contributed by atoms with Crippen molar-refractivity contribution in [2.45, 2.75) is 31.7 Å². The first-order valence-electron chi connectivity index (χ1n) is 9.97. The van der Waals surface area contributed by atoms with Crippen molar-refractivity contribution in [3.8, 4) is 0 Å². The van der Waals surface area contributed by atoms with Crippen LogP contribution in [0.4, 0.5) is 4.79 Å². The fraction of sp³-hybridized carbons (Fsp3) is 0.364. The van der Waals surface area contributed by atoms with Crippen LogP contribution in [0.1, 0.15) is 41.9 Å². The number of nitrogens with zero attached hydrogens (tertiary/aromatic N) is 4. The number of aromatic nitrogens is 3. The van der Waals surface area contributed by atoms with Gasteiger partial charge in [0.15, 0.2) is 5.82 Å². The quantitative estimate of drug-likeness (QED) is 0.636. The smallest absolute Gasteiger partial charge is 0.317 e. The maximum Gasteiger partial charge on any atom is 0.317 e. The molecule has 29 heavy (non-hydrogen) atoms. The number of pyridine rings is 1. The molecule has 0 spiro atoms. The van der Waals surface area contributed by atoms with Crippen molar-refractivity contribution in [2.75, 3.05) is 13.6 Å². The van der Waals surface area contributed by atoms with Crippen molar-refractivity contribution in [3.63, 3.8) is 0 Å². The first-order valence-corrected chi connectivity index (χ1v) is 9.97. The lowest BCUT2D eigenvalue weighted by Crippen LogP contribution is -2.41. The molecular formula is C22H25N5O2. The van der Waals surface area contributed by atoms with E-state index in [0.29, 0.717) is 37.0 Å². The van der Waals surface area contributed by atoms with Crippen LogP contribution in [-0.4, -0.2) is 39.6 Å². The Morgan fingerprint density at radius 3 is 2.72 bits per heavy atom. The third kappa shape index (κ3) is 4.99. The van der Waals surface area contributed by atoms with E-state index in [9.17, 15) is 4.79 Å². The van der Waals surface area contributed by atoms with Crippen LogP contribution in [0.3, 0.4) is 0 Å². The summed E-state index contributed by atoms with van der Waals surface area (Å²) in [6, 6.07) is 15.8. The number of amides is 2. The molecule has 1 aromatic carbocycles. The Morgan fingerprint density at radius 1 is 1.21 bits per heavy atom. The minimum absolute atomic E-state index is 0.0112. The van der Waals surface area contributed by atoms with Crippen LogP contribution in [0.25, 0.3) is 0 Å². The molecule has 0 radical (unpaired) electrons. The molecule has 1 aliphatic carbocycles. The highest BCUT2D eigenvalue weighted by Gasteiger charge is 2.37. The third-order valence-electron chi connectivity index (χ3n) is 5.13. The van der Waals surface area contributed by atoms with E-state index in [-0.39, 0.29) is 12.1 Å². The van der Waals surface area contributed by atoms with Crippen molar-refractivity contribution in [3.05, 3.63) is 77.7 Å². The zero-order valence-electron chi connectivity index (χ0n) is 16.5. The van der Waals surface area contributed by atoms with Crippen molar-refractivity contribution in [2.24, 2.45) is 5.92 Å². The van der Waals surface area contributed by atoms with Gasteiger partial charge in [-0.2, -0.15) is 4.98 Å². The molecule has 2 amide bonds. The van der Waals surface area contributed by atoms with Crippen molar-refractivity contribution in [1.82, 2.24) is 25.3 Å². The lowest BCUT2D eigenvalue weighted by Gasteiger charge is -2.28. The minimum Gasteiger partial charge on any atom is -0.339 e. The van der Waals surface area contributed by atoms with Gasteiger partial charge in [-0.25, -0.2) is 4.79 Å². The van der Waals surface area contributed by atoms with Crippen LogP contribution >= 0.6 is 0 Å². The number of carbonyl (C=O) groups excluding carboxylic acids is 1. The summed E-state index contributed by atoms with van der Waals surface area (Å²) in [6.07, 6.45) is 5.17. The van der Waals surface area contributed by atoms with Crippen LogP contribution < -0.4 is 5.32 Å². The van der Waals surface area contributed by atoms with E-state index < -0.39 is 0 Å². The van der Waals surface area contributed by atoms with Gasteiger partial charge in [-0.3, -0.25) is 4.98 Å². The topological polar surface area (TPSA) is 84.2 Å². The summed E-state index contributed by atoms with van der Waals surface area (Å²) >= 11 is 0. The van der Waals surface area contributed by atoms with Gasteiger partial charge in [-0.1, -0.05) is 41.6 Å². The fourth-order valence-corrected chi connectivity index (χ4v) is 3.49. The van der Waals surface area contributed by atoms with Crippen molar-refractivity contribution in [1.29, 1.82) is 0 Å². The Hall–Kier alpha value is -3.22. The molecule has 150 valence electrons. The van der Waals surface area contributed by atoms with Gasteiger partial charge in [0.2, 0.25) is 5.89 Å². The Bertz CT molecular complexity index is 925. The summed E-state index contributed by atoms with van der Waals surface area (Å²) in [5, 5.41) is 6.98. The summed E-state index contributed by atoms with van der Waals surface area (Å²) in [7, 11) is 1.83. The normalized spacial score (nSPS) is 14.4. The zero-order chi connectivity index (χ0) is 20.1. The molecule has 1 saturated carbocycles. The average Bonchev–Trinajstić information content (AvgIpc) is 3.48. The van der Waals surface area contributed by atoms with E-state index in [2.05, 4.69) is 20.4 Å². The number of hydrogen-bond acceptors (Lipinski definition) is 5. The highest BCUT2D eigenvalue weighted by molar-refractivity contribution is 5.74. The lowest BCUT2D eigenvalue weighted by molar-refractivity contribution is 0.181. The highest BCUT2D eigenvalue weighted by atomic mass is 16.5. The minimum atomic E-state index is -0.114. The molecule has 0 saturated heterocycles. The first kappa shape index (κ1) is 19.1. The molecule has 0 bridgehead atoms. The summed E-state index contributed by atoms with van der Waals surface area (Å²) in [4.78, 5) is 23.3. The predicted molar refractivity (Wildman–Crippen MR) is 108 cm³/mol. The van der Waals surface area contributed by atoms with E-state index in [1.54, 1.807) is 11.1 Å². The van der Waals surface area contributed by atoms with Gasteiger partial charge in [-0.05, 0) is 36.5 Å². The number of urea groups is 1. The van der Waals surface area contributed by atoms with Gasteiger partial charge in [-0.15, -0.1) is 0 Å². The molecule has 1 N–H and O–H groups in total. The Balaban J connectivity index is 1.28. The molecule has 1 aliphatic rings. The predicted octanol–water partition coefficient (Wildman–Crippen LogP) is 3.39. The highest BCUT2D eigenvalue weighted by Crippen LogP contribution is 2.43. The second-order valence-electron chi connectivity index (χ2n) is 7.40. The Morgan fingerprint density at radius 2 is 2.00 bits per heavy atom. The van der Waals surface area contributed by atoms with Gasteiger partial charge < -0.3 is 14.7 Å². The van der Waals surface area contributed by atoms with Crippen LogP contribution in [0.2, 0.25) is 0 Å². The van der Waals surface area contributed by atoms with Crippen molar-refractivity contribution >= 4 is 6.03 Å². The summed E-state index contributed by atoms with van der Waals surface area (Å²) in [5.74, 6) is 1.66. The van der Waals surface area contributed by atoms with Crippen molar-refractivity contribution < 1.29 is 9.32 Å². The van der Waals surface area contributed by atoms with Crippen LogP contribution in [-0.2, 0) is 12.8 Å². The summed E-state index contributed by atoms with van der Waals surface area (Å²) < 4.78 is 5.31. The number of nitrogens with one attached hydrogen (secondary N) is 1. The molecule has 7 nitrogen and oxygen atoms in total. The van der Waals surface area contributed by atoms with E-state index in [1.165, 1.54) is 0 Å². The summed E-state index contributed by atoms with van der Waals surface area (Å²) in [5.41, 5.74) is 2.07. The van der Waals surface area contributed by atoms with Crippen LogP contribution in [0.15, 0.2) is 59.3 Å². The molecule has 4 rings (SSSR count). The van der Waals surface area contributed by atoms with Gasteiger partial charge in [0.1, 0.15) is 0 Å². The fourth-order valence-electron chi connectivity index (χ4n) is 3.49. The van der Waals surface area contributed by atoms with Crippen LogP contribution in [0.5, 0.6) is 0 Å². The average molecular weight is 391 g/mol. The number of hydrogen-bond donors (Lipinski definition) is 1. The molecule has 2 heterocycles. The van der Waals surface area contributed by atoms with Gasteiger partial charge in [0.05, 0.1) is 11.7 Å². The van der Waals surface area contributed by atoms with E-state index in [0.717, 1.165) is 24.1 Å². The zero-order valence-corrected chi connectivity index (χ0v) is 16.5. The molecule has 2 aromatic heterocycles. The standard InChI is InChI=1S/C22H25N5O2/c1-27(21(17-10-11-17)18-9-5-6-13-23-18)22(28)24-14-12-20-25-19(26-29-20)15-16-7-3-2-4-8-16/h2-9,13,17,21H,10-12,14-15H2,1H3,(H,24,28)/t21-/m0/s1. The van der Waals surface area contributed by atoms with Crippen LogP contribution in [0, 0.1) is 5.92 Å². The SMILES string of the molecule is CN(C(=O)NCCc1nc(Cc2ccccc2)no1)[C@H](c1ccccn1)C1CC1. The maximum absolute atomic E-state index is 12.6. The van der Waals surface area contributed by atoms with E-state index in [4.69, 9.17) is 4.52 Å². The largest absolute Gasteiger partial charge is 0.339 e.